The Bertz CT molecular complexity index is 1250. The number of non-ortho nitro benzene ring substituents is 2. The molecule has 0 bridgehead atoms. The Morgan fingerprint density at radius 1 is 0.844 bits per heavy atom. The third kappa shape index (κ3) is 5.21. The first kappa shape index (κ1) is 21.9. The fraction of sp³-hybridized carbons (Fsp3) is 0.105. The summed E-state index contributed by atoms with van der Waals surface area (Å²) in [4.78, 5) is 31.1. The molecular formula is C19H15N7O6. The van der Waals surface area contributed by atoms with Crippen LogP contribution in [-0.2, 0) is 6.54 Å². The fourth-order valence-corrected chi connectivity index (χ4v) is 2.79. The zero-order chi connectivity index (χ0) is 23.3. The van der Waals surface area contributed by atoms with Gasteiger partial charge in [0.15, 0.2) is 5.69 Å². The molecule has 0 spiro atoms. The summed E-state index contributed by atoms with van der Waals surface area (Å²) in [7, 11) is 0. The van der Waals surface area contributed by atoms with Gasteiger partial charge in [0.25, 0.3) is 11.4 Å². The summed E-state index contributed by atoms with van der Waals surface area (Å²) in [5.41, 5.74) is -0.739. The Balaban J connectivity index is 1.99. The Hall–Kier alpha value is -4.81. The molecule has 13 heteroatoms. The zero-order valence-corrected chi connectivity index (χ0v) is 16.3. The number of nitrogens with one attached hydrogen (secondary N) is 1. The number of aromatic nitrogens is 1. The van der Waals surface area contributed by atoms with Crippen LogP contribution in [0.4, 0.5) is 22.7 Å². The highest BCUT2D eigenvalue weighted by atomic mass is 16.6. The minimum atomic E-state index is -0.788. The van der Waals surface area contributed by atoms with Gasteiger partial charge in [-0.15, -0.1) is 5.11 Å². The van der Waals surface area contributed by atoms with E-state index in [1.165, 1.54) is 24.3 Å². The predicted octanol–water partition coefficient (Wildman–Crippen LogP) is 4.22. The van der Waals surface area contributed by atoms with Crippen LogP contribution in [0.1, 0.15) is 11.6 Å². The molecule has 0 saturated heterocycles. The number of nitro groups is 3. The van der Waals surface area contributed by atoms with Crippen molar-refractivity contribution in [1.29, 1.82) is 5.41 Å². The second kappa shape index (κ2) is 9.34. The van der Waals surface area contributed by atoms with Gasteiger partial charge in [-0.2, -0.15) is 5.11 Å². The molecule has 3 aromatic rings. The topological polar surface area (TPSA) is 183 Å². The van der Waals surface area contributed by atoms with Crippen LogP contribution in [0.15, 0.2) is 77.2 Å². The van der Waals surface area contributed by atoms with Gasteiger partial charge in [-0.3, -0.25) is 30.3 Å². The number of pyridine rings is 1. The van der Waals surface area contributed by atoms with E-state index in [0.717, 1.165) is 18.2 Å². The molecule has 0 aliphatic carbocycles. The lowest BCUT2D eigenvalue weighted by Gasteiger charge is -2.14. The van der Waals surface area contributed by atoms with Crippen molar-refractivity contribution in [1.82, 2.24) is 4.57 Å². The van der Waals surface area contributed by atoms with Crippen molar-refractivity contribution in [2.24, 2.45) is 10.2 Å². The molecule has 0 saturated carbocycles. The number of rotatable bonds is 8. The van der Waals surface area contributed by atoms with Gasteiger partial charge in [0.1, 0.15) is 6.04 Å². The van der Waals surface area contributed by atoms with Crippen LogP contribution in [0, 0.1) is 35.8 Å². The second-order valence-electron chi connectivity index (χ2n) is 6.55. The van der Waals surface area contributed by atoms with Crippen LogP contribution in [-0.4, -0.2) is 19.3 Å². The Kier molecular flexibility index (Phi) is 6.39. The Morgan fingerprint density at radius 2 is 1.44 bits per heavy atom. The molecule has 0 aliphatic heterocycles. The van der Waals surface area contributed by atoms with Crippen LogP contribution in [0.5, 0.6) is 0 Å². The minimum Gasteiger partial charge on any atom is -0.352 e. The summed E-state index contributed by atoms with van der Waals surface area (Å²) in [6.07, 6.45) is 3.29. The van der Waals surface area contributed by atoms with Crippen LogP contribution >= 0.6 is 0 Å². The summed E-state index contributed by atoms with van der Waals surface area (Å²) in [6.45, 7) is 0.225. The monoisotopic (exact) mass is 437 g/mol. The first-order valence-electron chi connectivity index (χ1n) is 9.03. The molecule has 1 aromatic heterocycles. The SMILES string of the molecule is N=c1ccn(CC(N=Nc2ccc([N+](=O)[O-])cc2[N+](=O)[O-])c2ccc([N+](=O)[O-])cc2)cc1. The molecule has 0 amide bonds. The molecule has 162 valence electrons. The van der Waals surface area contributed by atoms with Crippen molar-refractivity contribution in [2.45, 2.75) is 12.6 Å². The van der Waals surface area contributed by atoms with Crippen LogP contribution in [0.25, 0.3) is 0 Å². The lowest BCUT2D eigenvalue weighted by atomic mass is 10.1. The van der Waals surface area contributed by atoms with Gasteiger partial charge in [-0.05, 0) is 35.9 Å². The van der Waals surface area contributed by atoms with Crippen molar-refractivity contribution in [3.05, 3.63) is 108 Å². The third-order valence-corrected chi connectivity index (χ3v) is 4.43. The molecule has 0 radical (unpaired) electrons. The van der Waals surface area contributed by atoms with Gasteiger partial charge in [0.05, 0.1) is 32.7 Å². The average molecular weight is 437 g/mol. The molecule has 1 heterocycles. The third-order valence-electron chi connectivity index (χ3n) is 4.43. The quantitative estimate of drug-likeness (QED) is 0.312. The Labute approximate surface area is 179 Å². The predicted molar refractivity (Wildman–Crippen MR) is 110 cm³/mol. The van der Waals surface area contributed by atoms with E-state index in [1.54, 1.807) is 29.1 Å². The molecule has 1 unspecified atom stereocenters. The summed E-state index contributed by atoms with van der Waals surface area (Å²) < 4.78 is 1.72. The number of hydrogen-bond donors (Lipinski definition) is 1. The standard InChI is InChI=1S/C19H15N7O6/c20-14-7-9-23(10-8-14)12-18(13-1-3-15(4-2-13)24(27)28)22-21-17-6-5-16(25(29)30)11-19(17)26(31)32/h1-11,18,20H,12H2. The van der Waals surface area contributed by atoms with Gasteiger partial charge in [0.2, 0.25) is 0 Å². The second-order valence-corrected chi connectivity index (χ2v) is 6.55. The summed E-state index contributed by atoms with van der Waals surface area (Å²) in [5.74, 6) is 0. The molecule has 0 aliphatic rings. The van der Waals surface area contributed by atoms with Crippen molar-refractivity contribution >= 4 is 22.7 Å². The van der Waals surface area contributed by atoms with E-state index in [-0.39, 0.29) is 17.9 Å². The van der Waals surface area contributed by atoms with E-state index in [0.29, 0.717) is 10.9 Å². The molecular weight excluding hydrogens is 422 g/mol. The first-order valence-corrected chi connectivity index (χ1v) is 9.03. The maximum absolute atomic E-state index is 11.3. The van der Waals surface area contributed by atoms with Crippen LogP contribution in [0.3, 0.4) is 0 Å². The van der Waals surface area contributed by atoms with E-state index < -0.39 is 32.2 Å². The molecule has 1 atom stereocenters. The van der Waals surface area contributed by atoms with E-state index in [2.05, 4.69) is 10.2 Å². The maximum atomic E-state index is 11.3. The van der Waals surface area contributed by atoms with Crippen molar-refractivity contribution in [3.63, 3.8) is 0 Å². The van der Waals surface area contributed by atoms with Gasteiger partial charge >= 0.3 is 5.69 Å². The lowest BCUT2D eigenvalue weighted by molar-refractivity contribution is -0.393. The van der Waals surface area contributed by atoms with Crippen LogP contribution < -0.4 is 5.36 Å². The summed E-state index contributed by atoms with van der Waals surface area (Å²) in [6, 6.07) is 11.1. The first-order chi connectivity index (χ1) is 15.2. The van der Waals surface area contributed by atoms with E-state index in [9.17, 15) is 30.3 Å². The van der Waals surface area contributed by atoms with Crippen LogP contribution in [0.2, 0.25) is 0 Å². The smallest absolute Gasteiger partial charge is 0.303 e. The van der Waals surface area contributed by atoms with E-state index in [4.69, 9.17) is 5.41 Å². The maximum Gasteiger partial charge on any atom is 0.303 e. The fourth-order valence-electron chi connectivity index (χ4n) is 2.79. The molecule has 3 rings (SSSR count). The van der Waals surface area contributed by atoms with Crippen molar-refractivity contribution < 1.29 is 14.8 Å². The molecule has 0 fully saturated rings. The minimum absolute atomic E-state index is 0.110. The molecule has 1 N–H and O–H groups in total. The normalized spacial score (nSPS) is 11.9. The largest absolute Gasteiger partial charge is 0.352 e. The molecule has 13 nitrogen and oxygen atoms in total. The van der Waals surface area contributed by atoms with Gasteiger partial charge in [0, 0.05) is 30.6 Å². The van der Waals surface area contributed by atoms with Gasteiger partial charge in [-0.25, -0.2) is 0 Å². The highest BCUT2D eigenvalue weighted by Crippen LogP contribution is 2.33. The van der Waals surface area contributed by atoms with E-state index in [1.807, 2.05) is 0 Å². The number of azo groups is 1. The highest BCUT2D eigenvalue weighted by molar-refractivity contribution is 5.61. The zero-order valence-electron chi connectivity index (χ0n) is 16.3. The summed E-state index contributed by atoms with van der Waals surface area (Å²) in [5, 5.41) is 49.2. The number of nitro benzene ring substituents is 3. The number of hydrogen-bond acceptors (Lipinski definition) is 9. The summed E-state index contributed by atoms with van der Waals surface area (Å²) >= 11 is 0. The molecule has 2 aromatic carbocycles. The highest BCUT2D eigenvalue weighted by Gasteiger charge is 2.20. The number of nitrogens with zero attached hydrogens (tertiary/aromatic N) is 6. The Morgan fingerprint density at radius 3 is 2.00 bits per heavy atom. The van der Waals surface area contributed by atoms with Gasteiger partial charge in [-0.1, -0.05) is 0 Å². The molecule has 32 heavy (non-hydrogen) atoms. The average Bonchev–Trinajstić information content (AvgIpc) is 2.77. The van der Waals surface area contributed by atoms with Crippen molar-refractivity contribution in [3.8, 4) is 0 Å². The van der Waals surface area contributed by atoms with Gasteiger partial charge < -0.3 is 9.98 Å². The van der Waals surface area contributed by atoms with E-state index >= 15 is 0 Å². The lowest BCUT2D eigenvalue weighted by Crippen LogP contribution is -2.09. The van der Waals surface area contributed by atoms with Crippen molar-refractivity contribution in [2.75, 3.05) is 0 Å². The number of benzene rings is 2.